The van der Waals surface area contributed by atoms with Gasteiger partial charge in [-0.05, 0) is 19.1 Å². The molecule has 0 spiro atoms. The molecule has 27 heavy (non-hydrogen) atoms. The van der Waals surface area contributed by atoms with Crippen molar-refractivity contribution in [3.63, 3.8) is 0 Å². The lowest BCUT2D eigenvalue weighted by Crippen LogP contribution is -2.37. The third-order valence-corrected chi connectivity index (χ3v) is 4.67. The standard InChI is InChI=1S/C19H22N6O2/c1-14-16(25-5-3-2-4-17(25)23-14)11-19(26)20-12-15-10-18(22-13-21-15)24-6-8-27-9-7-24/h2-5,10,13H,6-9,11-12H2,1H3,(H,20,26). The van der Waals surface area contributed by atoms with Gasteiger partial charge in [0.15, 0.2) is 0 Å². The molecule has 8 heteroatoms. The zero-order valence-corrected chi connectivity index (χ0v) is 15.3. The van der Waals surface area contributed by atoms with Crippen LogP contribution in [0, 0.1) is 6.92 Å². The summed E-state index contributed by atoms with van der Waals surface area (Å²) in [6.45, 7) is 5.33. The topological polar surface area (TPSA) is 84.7 Å². The zero-order chi connectivity index (χ0) is 18.6. The van der Waals surface area contributed by atoms with Crippen LogP contribution in [-0.4, -0.2) is 51.6 Å². The summed E-state index contributed by atoms with van der Waals surface area (Å²) < 4.78 is 7.33. The molecule has 1 N–H and O–H groups in total. The van der Waals surface area contributed by atoms with Crippen molar-refractivity contribution in [3.05, 3.63) is 53.9 Å². The van der Waals surface area contributed by atoms with E-state index in [0.717, 1.165) is 41.6 Å². The van der Waals surface area contributed by atoms with Gasteiger partial charge in [-0.25, -0.2) is 15.0 Å². The molecule has 0 saturated carbocycles. The summed E-state index contributed by atoms with van der Waals surface area (Å²) in [5.74, 6) is 0.811. The lowest BCUT2D eigenvalue weighted by Gasteiger charge is -2.27. The van der Waals surface area contributed by atoms with Gasteiger partial charge in [0, 0.05) is 25.4 Å². The number of pyridine rings is 1. The molecule has 0 radical (unpaired) electrons. The fraction of sp³-hybridized carbons (Fsp3) is 0.368. The van der Waals surface area contributed by atoms with Crippen LogP contribution >= 0.6 is 0 Å². The lowest BCUT2D eigenvalue weighted by atomic mass is 10.2. The minimum absolute atomic E-state index is 0.0599. The van der Waals surface area contributed by atoms with E-state index >= 15 is 0 Å². The minimum Gasteiger partial charge on any atom is -0.378 e. The average Bonchev–Trinajstić information content (AvgIpc) is 3.02. The summed E-state index contributed by atoms with van der Waals surface area (Å²) in [7, 11) is 0. The molecule has 1 amide bonds. The van der Waals surface area contributed by atoms with Crippen LogP contribution < -0.4 is 10.2 Å². The van der Waals surface area contributed by atoms with Crippen LogP contribution in [0.15, 0.2) is 36.8 Å². The Balaban J connectivity index is 1.40. The zero-order valence-electron chi connectivity index (χ0n) is 15.3. The number of imidazole rings is 1. The van der Waals surface area contributed by atoms with Crippen LogP contribution in [0.5, 0.6) is 0 Å². The van der Waals surface area contributed by atoms with E-state index in [1.807, 2.05) is 41.8 Å². The molecule has 1 aliphatic heterocycles. The van der Waals surface area contributed by atoms with Crippen molar-refractivity contribution in [1.82, 2.24) is 24.7 Å². The molecule has 1 fully saturated rings. The number of hydrogen-bond donors (Lipinski definition) is 1. The molecule has 3 aromatic heterocycles. The Morgan fingerprint density at radius 2 is 2.11 bits per heavy atom. The van der Waals surface area contributed by atoms with E-state index in [-0.39, 0.29) is 12.3 Å². The van der Waals surface area contributed by atoms with Crippen molar-refractivity contribution >= 4 is 17.4 Å². The average molecular weight is 366 g/mol. The Morgan fingerprint density at radius 1 is 1.26 bits per heavy atom. The molecule has 0 bridgehead atoms. The van der Waals surface area contributed by atoms with Crippen LogP contribution in [0.4, 0.5) is 5.82 Å². The number of fused-ring (bicyclic) bond motifs is 1. The van der Waals surface area contributed by atoms with Gasteiger partial charge in [0.25, 0.3) is 0 Å². The maximum Gasteiger partial charge on any atom is 0.226 e. The van der Waals surface area contributed by atoms with E-state index in [1.165, 1.54) is 0 Å². The first-order valence-electron chi connectivity index (χ1n) is 9.03. The van der Waals surface area contributed by atoms with Crippen molar-refractivity contribution in [2.24, 2.45) is 0 Å². The highest BCUT2D eigenvalue weighted by Gasteiger charge is 2.15. The van der Waals surface area contributed by atoms with E-state index in [0.29, 0.717) is 19.8 Å². The van der Waals surface area contributed by atoms with Gasteiger partial charge in [-0.15, -0.1) is 0 Å². The molecule has 140 valence electrons. The smallest absolute Gasteiger partial charge is 0.226 e. The number of morpholine rings is 1. The van der Waals surface area contributed by atoms with Gasteiger partial charge in [0.2, 0.25) is 5.91 Å². The summed E-state index contributed by atoms with van der Waals surface area (Å²) in [5.41, 5.74) is 3.41. The first-order chi connectivity index (χ1) is 13.2. The highest BCUT2D eigenvalue weighted by molar-refractivity contribution is 5.78. The summed E-state index contributed by atoms with van der Waals surface area (Å²) >= 11 is 0. The number of hydrogen-bond acceptors (Lipinski definition) is 6. The third-order valence-electron chi connectivity index (χ3n) is 4.67. The predicted molar refractivity (Wildman–Crippen MR) is 101 cm³/mol. The Bertz CT molecular complexity index is 948. The maximum atomic E-state index is 12.4. The van der Waals surface area contributed by atoms with Crippen molar-refractivity contribution in [3.8, 4) is 0 Å². The second-order valence-corrected chi connectivity index (χ2v) is 6.49. The van der Waals surface area contributed by atoms with Crippen LogP contribution in [0.25, 0.3) is 5.65 Å². The molecule has 0 atom stereocenters. The molecule has 3 aromatic rings. The van der Waals surface area contributed by atoms with E-state index in [9.17, 15) is 4.79 Å². The number of rotatable bonds is 5. The molecule has 4 heterocycles. The van der Waals surface area contributed by atoms with Crippen molar-refractivity contribution < 1.29 is 9.53 Å². The molecule has 1 aliphatic rings. The molecule has 1 saturated heterocycles. The van der Waals surface area contributed by atoms with Gasteiger partial charge in [-0.3, -0.25) is 4.79 Å². The maximum absolute atomic E-state index is 12.4. The number of nitrogens with zero attached hydrogens (tertiary/aromatic N) is 5. The lowest BCUT2D eigenvalue weighted by molar-refractivity contribution is -0.120. The van der Waals surface area contributed by atoms with Crippen molar-refractivity contribution in [2.45, 2.75) is 19.9 Å². The first kappa shape index (κ1) is 17.4. The van der Waals surface area contributed by atoms with Gasteiger partial charge >= 0.3 is 0 Å². The van der Waals surface area contributed by atoms with E-state index in [4.69, 9.17) is 4.74 Å². The van der Waals surface area contributed by atoms with Gasteiger partial charge < -0.3 is 19.4 Å². The van der Waals surface area contributed by atoms with E-state index in [2.05, 4.69) is 25.2 Å². The Labute approximate surface area is 157 Å². The summed E-state index contributed by atoms with van der Waals surface area (Å²) in [6, 6.07) is 7.73. The van der Waals surface area contributed by atoms with Gasteiger partial charge in [0.1, 0.15) is 17.8 Å². The molecule has 8 nitrogen and oxygen atoms in total. The summed E-state index contributed by atoms with van der Waals surface area (Å²) in [4.78, 5) is 27.7. The largest absolute Gasteiger partial charge is 0.378 e. The number of carbonyl (C=O) groups excluding carboxylic acids is 1. The fourth-order valence-electron chi connectivity index (χ4n) is 3.23. The predicted octanol–water partition coefficient (Wildman–Crippen LogP) is 1.13. The Hall–Kier alpha value is -3.00. The number of aryl methyl sites for hydroxylation is 1. The van der Waals surface area contributed by atoms with Crippen molar-refractivity contribution in [2.75, 3.05) is 31.2 Å². The minimum atomic E-state index is -0.0599. The second-order valence-electron chi connectivity index (χ2n) is 6.49. The van der Waals surface area contributed by atoms with Crippen LogP contribution in [-0.2, 0) is 22.5 Å². The number of nitrogens with one attached hydrogen (secondary N) is 1. The first-order valence-corrected chi connectivity index (χ1v) is 9.03. The summed E-state index contributed by atoms with van der Waals surface area (Å²) in [6.07, 6.45) is 3.75. The SMILES string of the molecule is Cc1nc2ccccn2c1CC(=O)NCc1cc(N2CCOCC2)ncn1. The normalized spacial score (nSPS) is 14.5. The number of ether oxygens (including phenoxy) is 1. The summed E-state index contributed by atoms with van der Waals surface area (Å²) in [5, 5.41) is 2.95. The van der Waals surface area contributed by atoms with Crippen LogP contribution in [0.2, 0.25) is 0 Å². The van der Waals surface area contributed by atoms with Crippen LogP contribution in [0.3, 0.4) is 0 Å². The highest BCUT2D eigenvalue weighted by atomic mass is 16.5. The number of carbonyl (C=O) groups is 1. The second kappa shape index (κ2) is 7.71. The Kier molecular flexibility index (Phi) is 4.97. The van der Waals surface area contributed by atoms with Gasteiger partial charge in [0.05, 0.1) is 43.3 Å². The Morgan fingerprint density at radius 3 is 2.96 bits per heavy atom. The van der Waals surface area contributed by atoms with E-state index in [1.54, 1.807) is 6.33 Å². The van der Waals surface area contributed by atoms with Crippen molar-refractivity contribution in [1.29, 1.82) is 0 Å². The molecule has 0 aromatic carbocycles. The molecule has 0 aliphatic carbocycles. The highest BCUT2D eigenvalue weighted by Crippen LogP contribution is 2.14. The number of aromatic nitrogens is 4. The van der Waals surface area contributed by atoms with Gasteiger partial charge in [-0.1, -0.05) is 6.07 Å². The number of amides is 1. The molecular formula is C19H22N6O2. The fourth-order valence-corrected chi connectivity index (χ4v) is 3.23. The molecule has 4 rings (SSSR count). The van der Waals surface area contributed by atoms with Crippen LogP contribution in [0.1, 0.15) is 17.1 Å². The van der Waals surface area contributed by atoms with Gasteiger partial charge in [-0.2, -0.15) is 0 Å². The quantitative estimate of drug-likeness (QED) is 0.729. The number of anilines is 1. The molecular weight excluding hydrogens is 344 g/mol. The molecule has 0 unspecified atom stereocenters. The van der Waals surface area contributed by atoms with E-state index < -0.39 is 0 Å². The third kappa shape index (κ3) is 3.90. The monoisotopic (exact) mass is 366 g/mol.